The van der Waals surface area contributed by atoms with Crippen LogP contribution in [0.5, 0.6) is 0 Å². The average Bonchev–Trinajstić information content (AvgIpc) is 2.29. The zero-order valence-corrected chi connectivity index (χ0v) is 9.86. The fraction of sp³-hybridized carbons (Fsp3) is 0.125. The van der Waals surface area contributed by atoms with E-state index in [2.05, 4.69) is 0 Å². The molecule has 1 aromatic rings. The topological polar surface area (TPSA) is 115 Å². The molecule has 1 N–H and O–H groups in total. The van der Waals surface area contributed by atoms with E-state index in [1.807, 2.05) is 0 Å². The number of alkyl halides is 3. The van der Waals surface area contributed by atoms with Crippen LogP contribution in [0.4, 0.5) is 30.2 Å². The fourth-order valence-corrected chi connectivity index (χ4v) is 1.34. The van der Waals surface area contributed by atoms with Crippen LogP contribution in [-0.2, 0) is 4.79 Å². The Bertz CT molecular complexity index is 604. The van der Waals surface area contributed by atoms with Crippen molar-refractivity contribution >= 4 is 34.6 Å². The van der Waals surface area contributed by atoms with Gasteiger partial charge in [-0.25, -0.2) is 0 Å². The van der Waals surface area contributed by atoms with Crippen molar-refractivity contribution in [1.29, 1.82) is 0 Å². The van der Waals surface area contributed by atoms with Crippen molar-refractivity contribution in [3.63, 3.8) is 0 Å². The molecule has 0 radical (unpaired) electrons. The molecule has 0 aliphatic rings. The number of nitrogens with one attached hydrogen (secondary N) is 1. The molecule has 0 saturated carbocycles. The van der Waals surface area contributed by atoms with Crippen LogP contribution in [0, 0.1) is 20.2 Å². The Labute approximate surface area is 112 Å². The maximum atomic E-state index is 12.1. The molecule has 0 fully saturated rings. The third-order valence-corrected chi connectivity index (χ3v) is 2.35. The molecule has 0 unspecified atom stereocenters. The quantitative estimate of drug-likeness (QED) is 0.680. The van der Waals surface area contributed by atoms with Gasteiger partial charge < -0.3 is 5.32 Å². The Morgan fingerprint density at radius 3 is 2.15 bits per heavy atom. The Balaban J connectivity index is 3.35. The molecule has 20 heavy (non-hydrogen) atoms. The summed E-state index contributed by atoms with van der Waals surface area (Å²) in [5.74, 6) is -2.46. The minimum absolute atomic E-state index is 0.464. The highest BCUT2D eigenvalue weighted by Gasteiger charge is 2.39. The minimum Gasteiger partial charge on any atom is -0.316 e. The Morgan fingerprint density at radius 2 is 1.75 bits per heavy atom. The average molecular weight is 314 g/mol. The van der Waals surface area contributed by atoms with Crippen LogP contribution in [-0.4, -0.2) is 21.9 Å². The zero-order valence-electron chi connectivity index (χ0n) is 9.10. The first-order valence-electron chi connectivity index (χ1n) is 4.54. The Hall–Kier alpha value is -2.43. The number of nitro benzene ring substituents is 2. The highest BCUT2D eigenvalue weighted by atomic mass is 35.5. The first kappa shape index (κ1) is 15.6. The Morgan fingerprint density at radius 1 is 1.20 bits per heavy atom. The van der Waals surface area contributed by atoms with Crippen molar-refractivity contribution < 1.29 is 27.8 Å². The number of anilines is 1. The highest BCUT2D eigenvalue weighted by molar-refractivity contribution is 6.36. The van der Waals surface area contributed by atoms with Crippen molar-refractivity contribution in [1.82, 2.24) is 0 Å². The standard InChI is InChI=1S/C8H3ClF3N3O5/c9-6-4(13-7(16)8(10,11)12)1-3(14(17)18)2-5(6)15(19)20/h1-2H,(H,13,16). The summed E-state index contributed by atoms with van der Waals surface area (Å²) in [5, 5.41) is 21.5. The molecule has 1 amide bonds. The molecule has 1 aromatic carbocycles. The molecule has 0 aromatic heterocycles. The van der Waals surface area contributed by atoms with Crippen LogP contribution in [0.2, 0.25) is 5.02 Å². The predicted molar refractivity (Wildman–Crippen MR) is 59.4 cm³/mol. The van der Waals surface area contributed by atoms with Crippen molar-refractivity contribution in [2.75, 3.05) is 5.32 Å². The molecule has 0 atom stereocenters. The normalized spacial score (nSPS) is 11.0. The van der Waals surface area contributed by atoms with E-state index in [0.29, 0.717) is 12.1 Å². The summed E-state index contributed by atoms with van der Waals surface area (Å²) in [7, 11) is 0. The third-order valence-electron chi connectivity index (χ3n) is 1.95. The largest absolute Gasteiger partial charge is 0.471 e. The van der Waals surface area contributed by atoms with Gasteiger partial charge in [0.2, 0.25) is 0 Å². The fourth-order valence-electron chi connectivity index (χ4n) is 1.12. The van der Waals surface area contributed by atoms with Gasteiger partial charge in [-0.3, -0.25) is 25.0 Å². The molecule has 0 aliphatic heterocycles. The summed E-state index contributed by atoms with van der Waals surface area (Å²) in [6.07, 6.45) is -5.28. The van der Waals surface area contributed by atoms with Crippen molar-refractivity contribution in [3.8, 4) is 0 Å². The predicted octanol–water partition coefficient (Wildman–Crippen LogP) is 2.66. The summed E-state index contributed by atoms with van der Waals surface area (Å²) < 4.78 is 36.2. The highest BCUT2D eigenvalue weighted by Crippen LogP contribution is 2.36. The van der Waals surface area contributed by atoms with E-state index in [0.717, 1.165) is 0 Å². The number of benzene rings is 1. The van der Waals surface area contributed by atoms with Crippen LogP contribution < -0.4 is 5.32 Å². The number of hydrogen-bond acceptors (Lipinski definition) is 5. The van der Waals surface area contributed by atoms with Crippen LogP contribution >= 0.6 is 11.6 Å². The number of non-ortho nitro benzene ring substituents is 1. The van der Waals surface area contributed by atoms with Gasteiger partial charge in [0.15, 0.2) is 0 Å². The molecule has 108 valence electrons. The number of halogens is 4. The van der Waals surface area contributed by atoms with Crippen LogP contribution in [0.25, 0.3) is 0 Å². The van der Waals surface area contributed by atoms with E-state index < -0.39 is 44.0 Å². The van der Waals surface area contributed by atoms with E-state index in [9.17, 15) is 38.2 Å². The van der Waals surface area contributed by atoms with Crippen LogP contribution in [0.3, 0.4) is 0 Å². The summed E-state index contributed by atoms with van der Waals surface area (Å²) >= 11 is 5.43. The number of amides is 1. The van der Waals surface area contributed by atoms with Gasteiger partial charge in [0.1, 0.15) is 5.02 Å². The van der Waals surface area contributed by atoms with Gasteiger partial charge in [0.05, 0.1) is 21.6 Å². The number of nitrogens with zero attached hydrogens (tertiary/aromatic N) is 2. The summed E-state index contributed by atoms with van der Waals surface area (Å²) in [6, 6.07) is 0.949. The van der Waals surface area contributed by atoms with Crippen LogP contribution in [0.15, 0.2) is 12.1 Å². The monoisotopic (exact) mass is 313 g/mol. The van der Waals surface area contributed by atoms with E-state index in [-0.39, 0.29) is 0 Å². The number of carbonyl (C=O) groups excluding carboxylic acids is 1. The van der Waals surface area contributed by atoms with Gasteiger partial charge in [0.25, 0.3) is 11.4 Å². The minimum atomic E-state index is -5.28. The van der Waals surface area contributed by atoms with Gasteiger partial charge in [-0.1, -0.05) is 11.6 Å². The summed E-state index contributed by atoms with van der Waals surface area (Å²) in [5.41, 5.74) is -2.77. The number of carbonyl (C=O) groups is 1. The second kappa shape index (κ2) is 5.28. The van der Waals surface area contributed by atoms with Gasteiger partial charge in [0, 0.05) is 6.07 Å². The lowest BCUT2D eigenvalue weighted by Crippen LogP contribution is -2.30. The molecule has 8 nitrogen and oxygen atoms in total. The molecular formula is C8H3ClF3N3O5. The number of hydrogen-bond donors (Lipinski definition) is 1. The van der Waals surface area contributed by atoms with E-state index in [1.165, 1.54) is 5.32 Å². The molecule has 0 spiro atoms. The number of rotatable bonds is 3. The molecule has 0 bridgehead atoms. The molecule has 0 heterocycles. The van der Waals surface area contributed by atoms with E-state index >= 15 is 0 Å². The summed E-state index contributed by atoms with van der Waals surface area (Å²) in [6.45, 7) is 0. The van der Waals surface area contributed by atoms with Gasteiger partial charge in [-0.2, -0.15) is 13.2 Å². The smallest absolute Gasteiger partial charge is 0.316 e. The first-order valence-corrected chi connectivity index (χ1v) is 4.92. The molecule has 0 saturated heterocycles. The molecular weight excluding hydrogens is 311 g/mol. The summed E-state index contributed by atoms with van der Waals surface area (Å²) in [4.78, 5) is 29.6. The zero-order chi connectivity index (χ0) is 15.7. The second-order valence-corrected chi connectivity index (χ2v) is 3.67. The van der Waals surface area contributed by atoms with Crippen molar-refractivity contribution in [3.05, 3.63) is 37.4 Å². The van der Waals surface area contributed by atoms with E-state index in [4.69, 9.17) is 11.6 Å². The number of nitro groups is 2. The van der Waals surface area contributed by atoms with Gasteiger partial charge >= 0.3 is 12.1 Å². The van der Waals surface area contributed by atoms with Crippen LogP contribution in [0.1, 0.15) is 0 Å². The SMILES string of the molecule is O=C(Nc1cc([N+](=O)[O-])cc([N+](=O)[O-])c1Cl)C(F)(F)F. The van der Waals surface area contributed by atoms with E-state index in [1.54, 1.807) is 0 Å². The molecule has 1 rings (SSSR count). The maximum Gasteiger partial charge on any atom is 0.471 e. The Kier molecular flexibility index (Phi) is 4.13. The second-order valence-electron chi connectivity index (χ2n) is 3.29. The lowest BCUT2D eigenvalue weighted by atomic mass is 10.2. The van der Waals surface area contributed by atoms with Gasteiger partial charge in [-0.15, -0.1) is 0 Å². The van der Waals surface area contributed by atoms with Crippen molar-refractivity contribution in [2.45, 2.75) is 6.18 Å². The third kappa shape index (κ3) is 3.32. The maximum absolute atomic E-state index is 12.1. The molecule has 12 heteroatoms. The van der Waals surface area contributed by atoms with Gasteiger partial charge in [-0.05, 0) is 0 Å². The molecule has 0 aliphatic carbocycles. The lowest BCUT2D eigenvalue weighted by Gasteiger charge is -2.09. The lowest BCUT2D eigenvalue weighted by molar-refractivity contribution is -0.394. The first-order chi connectivity index (χ1) is 9.04. The van der Waals surface area contributed by atoms with Crippen molar-refractivity contribution in [2.24, 2.45) is 0 Å².